The number of benzene rings is 2. The van der Waals surface area contributed by atoms with Crippen LogP contribution in [0, 0.1) is 0 Å². The summed E-state index contributed by atoms with van der Waals surface area (Å²) in [6.07, 6.45) is 0. The molecule has 2 aromatic carbocycles. The Hall–Kier alpha value is -1.75. The third-order valence-corrected chi connectivity index (χ3v) is 3.57. The normalized spacial score (nSPS) is 10.2. The minimum atomic E-state index is -0.668. The zero-order chi connectivity index (χ0) is 16.8. The molecule has 0 saturated carbocycles. The van der Waals surface area contributed by atoms with Gasteiger partial charge in [0.25, 0.3) is 0 Å². The van der Waals surface area contributed by atoms with Crippen LogP contribution in [-0.4, -0.2) is 25.0 Å². The van der Waals surface area contributed by atoms with Gasteiger partial charge in [0.05, 0.1) is 5.02 Å². The van der Waals surface area contributed by atoms with Gasteiger partial charge in [-0.2, -0.15) is 0 Å². The van der Waals surface area contributed by atoms with Crippen molar-refractivity contribution in [1.29, 1.82) is 0 Å². The summed E-state index contributed by atoms with van der Waals surface area (Å²) < 4.78 is 10.1. The van der Waals surface area contributed by atoms with Crippen molar-refractivity contribution in [3.05, 3.63) is 63.1 Å². The number of ether oxygens (including phenoxy) is 2. The van der Waals surface area contributed by atoms with Crippen LogP contribution in [0.25, 0.3) is 0 Å². The molecule has 0 radical (unpaired) electrons. The van der Waals surface area contributed by atoms with Gasteiger partial charge < -0.3 is 9.47 Å². The maximum atomic E-state index is 11.9. The molecular weight excluding hydrogens is 363 g/mol. The van der Waals surface area contributed by atoms with E-state index in [2.05, 4.69) is 0 Å². The van der Waals surface area contributed by atoms with Gasteiger partial charge in [0, 0.05) is 15.6 Å². The maximum Gasteiger partial charge on any atom is 0.344 e. The van der Waals surface area contributed by atoms with Crippen LogP contribution in [0.4, 0.5) is 0 Å². The van der Waals surface area contributed by atoms with Crippen LogP contribution in [0.15, 0.2) is 42.5 Å². The zero-order valence-electron chi connectivity index (χ0n) is 11.7. The van der Waals surface area contributed by atoms with Gasteiger partial charge in [-0.3, -0.25) is 4.79 Å². The van der Waals surface area contributed by atoms with Crippen LogP contribution in [0.5, 0.6) is 5.75 Å². The topological polar surface area (TPSA) is 52.6 Å². The molecular formula is C16H11Cl3O4. The Bertz CT molecular complexity index is 714. The summed E-state index contributed by atoms with van der Waals surface area (Å²) in [6, 6.07) is 11.0. The Morgan fingerprint density at radius 2 is 1.52 bits per heavy atom. The molecule has 0 saturated heterocycles. The van der Waals surface area contributed by atoms with Gasteiger partial charge in [-0.1, -0.05) is 34.8 Å². The summed E-state index contributed by atoms with van der Waals surface area (Å²) >= 11 is 17.4. The molecule has 0 N–H and O–H groups in total. The summed E-state index contributed by atoms with van der Waals surface area (Å²) in [5, 5.41) is 1.18. The summed E-state index contributed by atoms with van der Waals surface area (Å²) in [6.45, 7) is -0.743. The number of esters is 1. The number of carbonyl (C=O) groups excluding carboxylic acids is 2. The number of hydrogen-bond donors (Lipinski definition) is 0. The van der Waals surface area contributed by atoms with Crippen LogP contribution < -0.4 is 4.74 Å². The molecule has 0 aliphatic carbocycles. The number of hydrogen-bond acceptors (Lipinski definition) is 4. The Kier molecular flexibility index (Phi) is 6.28. The molecule has 0 fully saturated rings. The van der Waals surface area contributed by atoms with Crippen molar-refractivity contribution in [1.82, 2.24) is 0 Å². The Labute approximate surface area is 147 Å². The summed E-state index contributed by atoms with van der Waals surface area (Å²) in [7, 11) is 0. The van der Waals surface area contributed by atoms with Gasteiger partial charge in [0.1, 0.15) is 5.75 Å². The third-order valence-electron chi connectivity index (χ3n) is 2.77. The fourth-order valence-corrected chi connectivity index (χ4v) is 2.29. The molecule has 0 unspecified atom stereocenters. The van der Waals surface area contributed by atoms with E-state index < -0.39 is 18.4 Å². The SMILES string of the molecule is O=C(COc1ccc(Cl)cc1)OCC(=O)c1ccc(Cl)cc1Cl. The second-order valence-electron chi connectivity index (χ2n) is 4.45. The lowest BCUT2D eigenvalue weighted by atomic mass is 10.1. The van der Waals surface area contributed by atoms with Crippen LogP contribution in [0.2, 0.25) is 15.1 Å². The predicted molar refractivity (Wildman–Crippen MR) is 88.7 cm³/mol. The van der Waals surface area contributed by atoms with Gasteiger partial charge in [-0.15, -0.1) is 0 Å². The van der Waals surface area contributed by atoms with Crippen molar-refractivity contribution in [3.8, 4) is 5.75 Å². The van der Waals surface area contributed by atoms with E-state index in [9.17, 15) is 9.59 Å². The first-order chi connectivity index (χ1) is 11.0. The second-order valence-corrected chi connectivity index (χ2v) is 5.73. The van der Waals surface area contributed by atoms with E-state index in [4.69, 9.17) is 44.3 Å². The van der Waals surface area contributed by atoms with E-state index in [-0.39, 0.29) is 17.2 Å². The summed E-state index contributed by atoms with van der Waals surface area (Å²) in [5.41, 5.74) is 0.238. The van der Waals surface area contributed by atoms with Crippen molar-refractivity contribution in [3.63, 3.8) is 0 Å². The van der Waals surface area contributed by atoms with Crippen molar-refractivity contribution in [2.45, 2.75) is 0 Å². The molecule has 2 rings (SSSR count). The quantitative estimate of drug-likeness (QED) is 0.554. The maximum absolute atomic E-state index is 11.9. The van der Waals surface area contributed by atoms with E-state index in [1.807, 2.05) is 0 Å². The van der Waals surface area contributed by atoms with E-state index in [1.54, 1.807) is 24.3 Å². The van der Waals surface area contributed by atoms with E-state index in [0.717, 1.165) is 0 Å². The molecule has 0 aromatic heterocycles. The van der Waals surface area contributed by atoms with Crippen molar-refractivity contribution < 1.29 is 19.1 Å². The number of halogens is 3. The molecule has 0 atom stereocenters. The van der Waals surface area contributed by atoms with E-state index in [1.165, 1.54) is 18.2 Å². The van der Waals surface area contributed by atoms with Crippen molar-refractivity contribution >= 4 is 46.6 Å². The molecule has 23 heavy (non-hydrogen) atoms. The number of ketones is 1. The van der Waals surface area contributed by atoms with Crippen LogP contribution in [-0.2, 0) is 9.53 Å². The highest BCUT2D eigenvalue weighted by atomic mass is 35.5. The lowest BCUT2D eigenvalue weighted by Gasteiger charge is -2.07. The van der Waals surface area contributed by atoms with Gasteiger partial charge >= 0.3 is 5.97 Å². The van der Waals surface area contributed by atoms with Gasteiger partial charge in [0.15, 0.2) is 13.2 Å². The van der Waals surface area contributed by atoms with Crippen LogP contribution >= 0.6 is 34.8 Å². The minimum absolute atomic E-state index is 0.205. The monoisotopic (exact) mass is 372 g/mol. The number of rotatable bonds is 6. The average molecular weight is 374 g/mol. The highest BCUT2D eigenvalue weighted by molar-refractivity contribution is 6.36. The molecule has 2 aromatic rings. The lowest BCUT2D eigenvalue weighted by Crippen LogP contribution is -2.19. The zero-order valence-corrected chi connectivity index (χ0v) is 14.0. The summed E-state index contributed by atoms with van der Waals surface area (Å²) in [5.74, 6) is -0.622. The van der Waals surface area contributed by atoms with Gasteiger partial charge in [-0.25, -0.2) is 4.79 Å². The first-order valence-electron chi connectivity index (χ1n) is 6.48. The number of Topliss-reactive ketones (excluding diaryl/α,β-unsaturated/α-hetero) is 1. The van der Waals surface area contributed by atoms with Gasteiger partial charge in [-0.05, 0) is 42.5 Å². The fraction of sp³-hybridized carbons (Fsp3) is 0.125. The van der Waals surface area contributed by atoms with Crippen molar-refractivity contribution in [2.75, 3.05) is 13.2 Å². The standard InChI is InChI=1S/C16H11Cl3O4/c17-10-1-4-12(5-2-10)22-9-16(21)23-8-15(20)13-6-3-11(18)7-14(13)19/h1-7H,8-9H2. The Morgan fingerprint density at radius 3 is 2.17 bits per heavy atom. The molecule has 0 spiro atoms. The lowest BCUT2D eigenvalue weighted by molar-refractivity contribution is -0.144. The number of carbonyl (C=O) groups is 2. The Balaban J connectivity index is 1.81. The van der Waals surface area contributed by atoms with Crippen LogP contribution in [0.1, 0.15) is 10.4 Å². The molecule has 120 valence electrons. The molecule has 0 aliphatic rings. The summed E-state index contributed by atoms with van der Waals surface area (Å²) in [4.78, 5) is 23.5. The minimum Gasteiger partial charge on any atom is -0.482 e. The van der Waals surface area contributed by atoms with E-state index >= 15 is 0 Å². The first-order valence-corrected chi connectivity index (χ1v) is 7.61. The van der Waals surface area contributed by atoms with E-state index in [0.29, 0.717) is 15.8 Å². The third kappa shape index (κ3) is 5.43. The predicted octanol–water partition coefficient (Wildman–Crippen LogP) is 4.45. The smallest absolute Gasteiger partial charge is 0.344 e. The highest BCUT2D eigenvalue weighted by Crippen LogP contribution is 2.21. The molecule has 0 bridgehead atoms. The highest BCUT2D eigenvalue weighted by Gasteiger charge is 2.14. The van der Waals surface area contributed by atoms with Crippen molar-refractivity contribution in [2.24, 2.45) is 0 Å². The molecule has 0 heterocycles. The Morgan fingerprint density at radius 1 is 0.870 bits per heavy atom. The van der Waals surface area contributed by atoms with Gasteiger partial charge in [0.2, 0.25) is 5.78 Å². The average Bonchev–Trinajstić information content (AvgIpc) is 2.52. The largest absolute Gasteiger partial charge is 0.482 e. The fourth-order valence-electron chi connectivity index (χ4n) is 1.65. The molecule has 7 heteroatoms. The first kappa shape index (κ1) is 17.6. The van der Waals surface area contributed by atoms with Crippen LogP contribution in [0.3, 0.4) is 0 Å². The molecule has 0 amide bonds. The molecule has 0 aliphatic heterocycles. The molecule has 4 nitrogen and oxygen atoms in total. The second kappa shape index (κ2) is 8.20.